The van der Waals surface area contributed by atoms with E-state index >= 15 is 0 Å². The number of hydrogen-bond donors (Lipinski definition) is 2. The van der Waals surface area contributed by atoms with Crippen molar-refractivity contribution in [3.05, 3.63) is 0 Å². The lowest BCUT2D eigenvalue weighted by molar-refractivity contribution is -0.127. The number of thiocarbonyl (C=S) groups is 1. The lowest BCUT2D eigenvalue weighted by Crippen LogP contribution is -2.48. The lowest BCUT2D eigenvalue weighted by Gasteiger charge is -2.27. The third-order valence-electron chi connectivity index (χ3n) is 4.93. The number of carbonyl (C=O) groups excluding carboxylic acids is 1. The SMILES string of the molecule is CC1CCCC1CNC(=O)C1(C(N)=S)CCCC1. The van der Waals surface area contributed by atoms with Crippen molar-refractivity contribution in [2.24, 2.45) is 23.0 Å². The summed E-state index contributed by atoms with van der Waals surface area (Å²) in [6.07, 6.45) is 7.60. The van der Waals surface area contributed by atoms with Crippen LogP contribution < -0.4 is 11.1 Å². The summed E-state index contributed by atoms with van der Waals surface area (Å²) in [6.45, 7) is 3.08. The molecule has 2 aliphatic carbocycles. The van der Waals surface area contributed by atoms with Crippen molar-refractivity contribution in [2.75, 3.05) is 6.54 Å². The molecule has 0 spiro atoms. The fourth-order valence-corrected chi connectivity index (χ4v) is 3.78. The molecule has 2 fully saturated rings. The monoisotopic (exact) mass is 268 g/mol. The number of carbonyl (C=O) groups is 1. The molecule has 2 unspecified atom stereocenters. The molecule has 0 aromatic rings. The van der Waals surface area contributed by atoms with Crippen LogP contribution in [-0.2, 0) is 4.79 Å². The predicted molar refractivity (Wildman–Crippen MR) is 77.2 cm³/mol. The molecule has 2 aliphatic rings. The molecule has 1 amide bonds. The van der Waals surface area contributed by atoms with Gasteiger partial charge in [-0.1, -0.05) is 44.8 Å². The molecule has 2 rings (SSSR count). The maximum absolute atomic E-state index is 12.4. The molecule has 0 aromatic heterocycles. The van der Waals surface area contributed by atoms with Gasteiger partial charge in [0.15, 0.2) is 0 Å². The highest BCUT2D eigenvalue weighted by Gasteiger charge is 2.44. The second-order valence-electron chi connectivity index (χ2n) is 6.03. The second-order valence-corrected chi connectivity index (χ2v) is 6.47. The molecule has 4 heteroatoms. The highest BCUT2D eigenvalue weighted by atomic mass is 32.1. The Kier molecular flexibility index (Phi) is 4.25. The van der Waals surface area contributed by atoms with E-state index in [-0.39, 0.29) is 5.91 Å². The summed E-state index contributed by atoms with van der Waals surface area (Å²) in [7, 11) is 0. The Balaban J connectivity index is 1.92. The van der Waals surface area contributed by atoms with Gasteiger partial charge in [-0.05, 0) is 31.1 Å². The van der Waals surface area contributed by atoms with E-state index in [1.807, 2.05) is 0 Å². The van der Waals surface area contributed by atoms with E-state index in [9.17, 15) is 4.79 Å². The summed E-state index contributed by atoms with van der Waals surface area (Å²) < 4.78 is 0. The fraction of sp³-hybridized carbons (Fsp3) is 0.857. The van der Waals surface area contributed by atoms with Crippen LogP contribution in [0.5, 0.6) is 0 Å². The Morgan fingerprint density at radius 1 is 1.33 bits per heavy atom. The molecule has 3 nitrogen and oxygen atoms in total. The first-order chi connectivity index (χ1) is 8.56. The molecule has 3 N–H and O–H groups in total. The topological polar surface area (TPSA) is 55.1 Å². The van der Waals surface area contributed by atoms with E-state index in [4.69, 9.17) is 18.0 Å². The highest BCUT2D eigenvalue weighted by molar-refractivity contribution is 7.80. The lowest BCUT2D eigenvalue weighted by atomic mass is 9.84. The van der Waals surface area contributed by atoms with Gasteiger partial charge in [0.05, 0.1) is 10.4 Å². The van der Waals surface area contributed by atoms with Crippen LogP contribution in [0.1, 0.15) is 51.9 Å². The highest BCUT2D eigenvalue weighted by Crippen LogP contribution is 2.39. The van der Waals surface area contributed by atoms with Gasteiger partial charge in [0.2, 0.25) is 5.91 Å². The summed E-state index contributed by atoms with van der Waals surface area (Å²) in [5.41, 5.74) is 5.27. The maximum atomic E-state index is 12.4. The van der Waals surface area contributed by atoms with Crippen molar-refractivity contribution in [3.8, 4) is 0 Å². The Labute approximate surface area is 115 Å². The normalized spacial score (nSPS) is 30.3. The van der Waals surface area contributed by atoms with Gasteiger partial charge in [0, 0.05) is 6.54 Å². The van der Waals surface area contributed by atoms with Gasteiger partial charge in [0.1, 0.15) is 0 Å². The Morgan fingerprint density at radius 3 is 2.50 bits per heavy atom. The van der Waals surface area contributed by atoms with Gasteiger partial charge >= 0.3 is 0 Å². The zero-order valence-electron chi connectivity index (χ0n) is 11.2. The van der Waals surface area contributed by atoms with Crippen molar-refractivity contribution in [1.29, 1.82) is 0 Å². The van der Waals surface area contributed by atoms with Crippen LogP contribution >= 0.6 is 12.2 Å². The van der Waals surface area contributed by atoms with Crippen molar-refractivity contribution < 1.29 is 4.79 Å². The van der Waals surface area contributed by atoms with E-state index in [1.165, 1.54) is 19.3 Å². The minimum Gasteiger partial charge on any atom is -0.392 e. The van der Waals surface area contributed by atoms with E-state index in [2.05, 4.69) is 12.2 Å². The van der Waals surface area contributed by atoms with Crippen LogP contribution in [-0.4, -0.2) is 17.4 Å². The number of hydrogen-bond acceptors (Lipinski definition) is 2. The summed E-state index contributed by atoms with van der Waals surface area (Å²) in [6, 6.07) is 0. The van der Waals surface area contributed by atoms with Crippen molar-refractivity contribution in [2.45, 2.75) is 51.9 Å². The summed E-state index contributed by atoms with van der Waals surface area (Å²) in [5.74, 6) is 1.44. The first-order valence-electron chi connectivity index (χ1n) is 7.14. The molecule has 102 valence electrons. The standard InChI is InChI=1S/C14H24N2OS/c1-10-5-4-6-11(10)9-16-13(17)14(12(15)18)7-2-3-8-14/h10-11H,2-9H2,1H3,(H2,15,18)(H,16,17). The molecule has 0 aliphatic heterocycles. The van der Waals surface area contributed by atoms with Crippen molar-refractivity contribution in [3.63, 3.8) is 0 Å². The van der Waals surface area contributed by atoms with Crippen LogP contribution in [0.3, 0.4) is 0 Å². The Morgan fingerprint density at radius 2 is 2.00 bits per heavy atom. The van der Waals surface area contributed by atoms with Crippen molar-refractivity contribution >= 4 is 23.1 Å². The largest absolute Gasteiger partial charge is 0.392 e. The van der Waals surface area contributed by atoms with Crippen LogP contribution in [0.2, 0.25) is 0 Å². The van der Waals surface area contributed by atoms with Gasteiger partial charge < -0.3 is 11.1 Å². The number of nitrogens with two attached hydrogens (primary N) is 1. The van der Waals surface area contributed by atoms with Crippen LogP contribution in [0.25, 0.3) is 0 Å². The molecule has 0 heterocycles. The molecule has 2 atom stereocenters. The number of rotatable bonds is 4. The van der Waals surface area contributed by atoms with Gasteiger partial charge in [-0.3, -0.25) is 4.79 Å². The third kappa shape index (κ3) is 2.53. The average Bonchev–Trinajstić information content (AvgIpc) is 2.95. The molecule has 2 saturated carbocycles. The summed E-state index contributed by atoms with van der Waals surface area (Å²) >= 11 is 5.13. The van der Waals surface area contributed by atoms with Crippen LogP contribution in [0.15, 0.2) is 0 Å². The molecule has 0 radical (unpaired) electrons. The van der Waals surface area contributed by atoms with E-state index in [0.717, 1.165) is 38.1 Å². The average molecular weight is 268 g/mol. The molecule has 0 aromatic carbocycles. The predicted octanol–water partition coefficient (Wildman–Crippen LogP) is 2.39. The van der Waals surface area contributed by atoms with E-state index in [0.29, 0.717) is 10.9 Å². The van der Waals surface area contributed by atoms with Gasteiger partial charge in [0.25, 0.3) is 0 Å². The molecular weight excluding hydrogens is 244 g/mol. The summed E-state index contributed by atoms with van der Waals surface area (Å²) in [4.78, 5) is 12.8. The van der Waals surface area contributed by atoms with Crippen LogP contribution in [0, 0.1) is 17.3 Å². The zero-order chi connectivity index (χ0) is 13.2. The van der Waals surface area contributed by atoms with E-state index < -0.39 is 5.41 Å². The minimum atomic E-state index is -0.544. The molecular formula is C14H24N2OS. The number of nitrogens with one attached hydrogen (secondary N) is 1. The first kappa shape index (κ1) is 13.8. The quantitative estimate of drug-likeness (QED) is 0.770. The molecule has 18 heavy (non-hydrogen) atoms. The van der Waals surface area contributed by atoms with Gasteiger partial charge in [-0.2, -0.15) is 0 Å². The van der Waals surface area contributed by atoms with Crippen molar-refractivity contribution in [1.82, 2.24) is 5.32 Å². The van der Waals surface area contributed by atoms with Gasteiger partial charge in [-0.25, -0.2) is 0 Å². The molecule has 0 saturated heterocycles. The smallest absolute Gasteiger partial charge is 0.233 e. The Bertz CT molecular complexity index is 337. The maximum Gasteiger partial charge on any atom is 0.233 e. The Hall–Kier alpha value is -0.640. The minimum absolute atomic E-state index is 0.0756. The van der Waals surface area contributed by atoms with Gasteiger partial charge in [-0.15, -0.1) is 0 Å². The fourth-order valence-electron chi connectivity index (χ4n) is 3.48. The van der Waals surface area contributed by atoms with Crippen LogP contribution in [0.4, 0.5) is 0 Å². The second kappa shape index (κ2) is 5.55. The number of amides is 1. The zero-order valence-corrected chi connectivity index (χ0v) is 12.0. The van der Waals surface area contributed by atoms with E-state index in [1.54, 1.807) is 0 Å². The first-order valence-corrected chi connectivity index (χ1v) is 7.55. The third-order valence-corrected chi connectivity index (χ3v) is 5.32. The summed E-state index contributed by atoms with van der Waals surface area (Å²) in [5, 5.41) is 3.11. The molecule has 0 bridgehead atoms.